The van der Waals surface area contributed by atoms with Crippen LogP contribution in [0.3, 0.4) is 0 Å². The fraction of sp³-hybridized carbons (Fsp3) is 0.405. The minimum absolute atomic E-state index is 0.110. The maximum absolute atomic E-state index is 12.2. The SMILES string of the molecule is C=C(C)CC(=O)OC(COCCOC1C=CC(OCCOCC(COc2ccccc2)OC(=O)C(=C)C)=CC1)COc1ccccc1. The summed E-state index contributed by atoms with van der Waals surface area (Å²) in [6, 6.07) is 18.6. The molecule has 1 aliphatic rings. The number of benzene rings is 2. The number of para-hydroxylation sites is 2. The summed E-state index contributed by atoms with van der Waals surface area (Å²) in [5, 5.41) is 0. The number of carbonyl (C=O) groups is 2. The molecule has 0 amide bonds. The van der Waals surface area contributed by atoms with E-state index >= 15 is 0 Å². The maximum Gasteiger partial charge on any atom is 0.333 e. The molecular formula is C37H46O10. The maximum atomic E-state index is 12.2. The molecule has 3 atom stereocenters. The Balaban J connectivity index is 1.29. The smallest absolute Gasteiger partial charge is 0.333 e. The van der Waals surface area contributed by atoms with Gasteiger partial charge in [-0.15, -0.1) is 0 Å². The zero-order valence-corrected chi connectivity index (χ0v) is 27.3. The molecule has 3 unspecified atom stereocenters. The molecule has 2 aromatic rings. The van der Waals surface area contributed by atoms with Crippen LogP contribution >= 0.6 is 0 Å². The first-order chi connectivity index (χ1) is 22.8. The molecular weight excluding hydrogens is 604 g/mol. The number of hydrogen-bond donors (Lipinski definition) is 0. The van der Waals surface area contributed by atoms with Gasteiger partial charge in [0.1, 0.15) is 37.1 Å². The van der Waals surface area contributed by atoms with Crippen molar-refractivity contribution in [3.63, 3.8) is 0 Å². The minimum Gasteiger partial charge on any atom is -0.492 e. The van der Waals surface area contributed by atoms with Gasteiger partial charge in [0, 0.05) is 5.57 Å². The van der Waals surface area contributed by atoms with Crippen molar-refractivity contribution in [1.29, 1.82) is 0 Å². The molecule has 254 valence electrons. The Morgan fingerprint density at radius 3 is 1.85 bits per heavy atom. The third kappa shape index (κ3) is 16.1. The van der Waals surface area contributed by atoms with Gasteiger partial charge in [-0.2, -0.15) is 0 Å². The summed E-state index contributed by atoms with van der Waals surface area (Å²) in [7, 11) is 0. The lowest BCUT2D eigenvalue weighted by molar-refractivity contribution is -0.153. The largest absolute Gasteiger partial charge is 0.492 e. The van der Waals surface area contributed by atoms with E-state index in [-0.39, 0.29) is 44.9 Å². The molecule has 47 heavy (non-hydrogen) atoms. The second kappa shape index (κ2) is 21.4. The molecule has 10 nitrogen and oxygen atoms in total. The van der Waals surface area contributed by atoms with Gasteiger partial charge in [-0.1, -0.05) is 61.2 Å². The van der Waals surface area contributed by atoms with Gasteiger partial charge in [0.2, 0.25) is 0 Å². The summed E-state index contributed by atoms with van der Waals surface area (Å²) < 4.78 is 45.6. The minimum atomic E-state index is -0.597. The zero-order chi connectivity index (χ0) is 33.7. The van der Waals surface area contributed by atoms with Crippen LogP contribution in [0.2, 0.25) is 0 Å². The van der Waals surface area contributed by atoms with Gasteiger partial charge in [-0.25, -0.2) is 4.79 Å². The molecule has 2 aromatic carbocycles. The van der Waals surface area contributed by atoms with E-state index in [0.717, 1.165) is 11.3 Å². The molecule has 0 saturated heterocycles. The predicted molar refractivity (Wildman–Crippen MR) is 177 cm³/mol. The Morgan fingerprint density at radius 1 is 0.745 bits per heavy atom. The lowest BCUT2D eigenvalue weighted by atomic mass is 10.1. The standard InChI is InChI=1S/C37H46O10/c1-28(2)23-36(38)46-34(26-44-30-11-7-5-8-12-30)24-40-19-21-42-32-15-17-33(18-16-32)43-22-20-41-25-35(47-37(39)29(3)4)27-45-31-13-9-6-10-14-31/h5-15,17-18,32,34-35H,1,3,16,19-27H2,2,4H3. The average Bonchev–Trinajstić information content (AvgIpc) is 3.06. The molecule has 0 aromatic heterocycles. The van der Waals surface area contributed by atoms with E-state index in [1.54, 1.807) is 13.8 Å². The van der Waals surface area contributed by atoms with E-state index in [0.29, 0.717) is 49.9 Å². The van der Waals surface area contributed by atoms with Crippen molar-refractivity contribution < 1.29 is 47.5 Å². The normalized spacial score (nSPS) is 15.1. The number of esters is 2. The summed E-state index contributed by atoms with van der Waals surface area (Å²) in [6.45, 7) is 12.7. The molecule has 10 heteroatoms. The molecule has 0 bridgehead atoms. The van der Waals surface area contributed by atoms with Gasteiger partial charge in [-0.3, -0.25) is 4.79 Å². The molecule has 3 rings (SSSR count). The third-order valence-corrected chi connectivity index (χ3v) is 6.41. The van der Waals surface area contributed by atoms with Crippen molar-refractivity contribution in [2.24, 2.45) is 0 Å². The highest BCUT2D eigenvalue weighted by molar-refractivity contribution is 5.87. The van der Waals surface area contributed by atoms with Crippen LogP contribution in [0.25, 0.3) is 0 Å². The van der Waals surface area contributed by atoms with E-state index in [1.807, 2.05) is 78.9 Å². The molecule has 0 saturated carbocycles. The van der Waals surface area contributed by atoms with Crippen LogP contribution in [0.4, 0.5) is 0 Å². The van der Waals surface area contributed by atoms with Crippen LogP contribution in [0.15, 0.2) is 109 Å². The number of allylic oxidation sites excluding steroid dienone is 1. The van der Waals surface area contributed by atoms with Gasteiger partial charge in [-0.05, 0) is 56.7 Å². The second-order valence-corrected chi connectivity index (χ2v) is 10.9. The lowest BCUT2D eigenvalue weighted by Crippen LogP contribution is -2.30. The monoisotopic (exact) mass is 650 g/mol. The van der Waals surface area contributed by atoms with Crippen molar-refractivity contribution in [2.75, 3.05) is 52.9 Å². The first-order valence-electron chi connectivity index (χ1n) is 15.6. The molecule has 0 heterocycles. The summed E-state index contributed by atoms with van der Waals surface area (Å²) in [5.74, 6) is 1.22. The molecule has 0 N–H and O–H groups in total. The summed E-state index contributed by atoms with van der Waals surface area (Å²) >= 11 is 0. The van der Waals surface area contributed by atoms with Crippen LogP contribution in [-0.4, -0.2) is 83.1 Å². The molecule has 0 spiro atoms. The number of ether oxygens (including phenoxy) is 8. The molecule has 0 aliphatic heterocycles. The molecule has 1 aliphatic carbocycles. The Labute approximate surface area is 277 Å². The van der Waals surface area contributed by atoms with Crippen LogP contribution in [-0.2, 0) is 38.0 Å². The van der Waals surface area contributed by atoms with E-state index in [1.165, 1.54) is 0 Å². The van der Waals surface area contributed by atoms with Crippen LogP contribution in [0, 0.1) is 0 Å². The Hall–Kier alpha value is -4.38. The molecule has 0 fully saturated rings. The van der Waals surface area contributed by atoms with Crippen molar-refractivity contribution in [2.45, 2.75) is 45.0 Å². The number of hydrogen-bond acceptors (Lipinski definition) is 10. The van der Waals surface area contributed by atoms with Gasteiger partial charge in [0.05, 0.1) is 45.6 Å². The highest BCUT2D eigenvalue weighted by Crippen LogP contribution is 2.15. The van der Waals surface area contributed by atoms with Crippen molar-refractivity contribution >= 4 is 11.9 Å². The fourth-order valence-electron chi connectivity index (χ4n) is 4.09. The summed E-state index contributed by atoms with van der Waals surface area (Å²) in [5.41, 5.74) is 1.03. The fourth-order valence-corrected chi connectivity index (χ4v) is 4.09. The lowest BCUT2D eigenvalue weighted by Gasteiger charge is -2.20. The second-order valence-electron chi connectivity index (χ2n) is 10.9. The summed E-state index contributed by atoms with van der Waals surface area (Å²) in [6.07, 6.45) is 5.26. The van der Waals surface area contributed by atoms with Crippen molar-refractivity contribution in [3.05, 3.63) is 109 Å². The average molecular weight is 651 g/mol. The van der Waals surface area contributed by atoms with Crippen LogP contribution in [0.5, 0.6) is 11.5 Å². The van der Waals surface area contributed by atoms with E-state index in [9.17, 15) is 9.59 Å². The van der Waals surface area contributed by atoms with E-state index < -0.39 is 18.2 Å². The third-order valence-electron chi connectivity index (χ3n) is 6.41. The van der Waals surface area contributed by atoms with Crippen LogP contribution < -0.4 is 9.47 Å². The summed E-state index contributed by atoms with van der Waals surface area (Å²) in [4.78, 5) is 24.2. The van der Waals surface area contributed by atoms with Gasteiger partial charge >= 0.3 is 11.9 Å². The quantitative estimate of drug-likeness (QED) is 0.0635. The predicted octanol–water partition coefficient (Wildman–Crippen LogP) is 5.79. The zero-order valence-electron chi connectivity index (χ0n) is 27.3. The van der Waals surface area contributed by atoms with Gasteiger partial charge < -0.3 is 37.9 Å². The van der Waals surface area contributed by atoms with E-state index in [4.69, 9.17) is 37.9 Å². The van der Waals surface area contributed by atoms with Gasteiger partial charge in [0.15, 0.2) is 12.2 Å². The number of carbonyl (C=O) groups excluding carboxylic acids is 2. The van der Waals surface area contributed by atoms with Crippen LogP contribution in [0.1, 0.15) is 26.7 Å². The van der Waals surface area contributed by atoms with Crippen molar-refractivity contribution in [1.82, 2.24) is 0 Å². The Kier molecular flexibility index (Phi) is 16.9. The first kappa shape index (κ1) is 37.1. The Morgan fingerprint density at radius 2 is 1.32 bits per heavy atom. The number of rotatable bonds is 23. The first-order valence-corrected chi connectivity index (χ1v) is 15.6. The Bertz CT molecular complexity index is 1300. The van der Waals surface area contributed by atoms with E-state index in [2.05, 4.69) is 13.2 Å². The highest BCUT2D eigenvalue weighted by atomic mass is 16.6. The van der Waals surface area contributed by atoms with Gasteiger partial charge in [0.25, 0.3) is 0 Å². The van der Waals surface area contributed by atoms with Crippen molar-refractivity contribution in [3.8, 4) is 11.5 Å². The highest BCUT2D eigenvalue weighted by Gasteiger charge is 2.18. The molecule has 0 radical (unpaired) electrons. The topological polar surface area (TPSA) is 108 Å².